The molecule has 3 rings (SSSR count). The highest BCUT2D eigenvalue weighted by Crippen LogP contribution is 2.21. The van der Waals surface area contributed by atoms with E-state index in [0.29, 0.717) is 29.1 Å². The van der Waals surface area contributed by atoms with Gasteiger partial charge in [0.15, 0.2) is 0 Å². The van der Waals surface area contributed by atoms with E-state index in [1.807, 2.05) is 25.1 Å². The SMILES string of the molecule is COc1cccc(NC(=O)c2cc(C)nc(NC3CCCCC3)n2)c1. The number of benzene rings is 1. The van der Waals surface area contributed by atoms with E-state index in [1.54, 1.807) is 19.2 Å². The Morgan fingerprint density at radius 1 is 1.16 bits per heavy atom. The molecule has 25 heavy (non-hydrogen) atoms. The molecule has 1 amide bonds. The lowest BCUT2D eigenvalue weighted by Crippen LogP contribution is -2.24. The van der Waals surface area contributed by atoms with Gasteiger partial charge in [-0.15, -0.1) is 0 Å². The van der Waals surface area contributed by atoms with Crippen molar-refractivity contribution in [1.29, 1.82) is 0 Å². The van der Waals surface area contributed by atoms with Gasteiger partial charge in [-0.25, -0.2) is 9.97 Å². The molecule has 1 aliphatic rings. The van der Waals surface area contributed by atoms with E-state index < -0.39 is 0 Å². The van der Waals surface area contributed by atoms with Crippen LogP contribution in [0.1, 0.15) is 48.3 Å². The first-order chi connectivity index (χ1) is 12.1. The number of rotatable bonds is 5. The standard InChI is InChI=1S/C19H24N4O2/c1-13-11-17(18(24)21-15-9-6-10-16(12-15)25-2)23-19(20-13)22-14-7-4-3-5-8-14/h6,9-12,14H,3-5,7-8H2,1-2H3,(H,21,24)(H,20,22,23). The second kappa shape index (κ2) is 7.96. The van der Waals surface area contributed by atoms with Crippen LogP contribution in [0.5, 0.6) is 5.75 Å². The Hall–Kier alpha value is -2.63. The van der Waals surface area contributed by atoms with E-state index >= 15 is 0 Å². The number of anilines is 2. The first kappa shape index (κ1) is 17.2. The van der Waals surface area contributed by atoms with Crippen molar-refractivity contribution in [3.63, 3.8) is 0 Å². The largest absolute Gasteiger partial charge is 0.497 e. The number of ether oxygens (including phenoxy) is 1. The maximum Gasteiger partial charge on any atom is 0.274 e. The van der Waals surface area contributed by atoms with Crippen LogP contribution in [0.15, 0.2) is 30.3 Å². The average molecular weight is 340 g/mol. The molecule has 1 aromatic heterocycles. The van der Waals surface area contributed by atoms with Crippen LogP contribution in [-0.4, -0.2) is 29.0 Å². The number of nitrogens with one attached hydrogen (secondary N) is 2. The van der Waals surface area contributed by atoms with Crippen LogP contribution in [0, 0.1) is 6.92 Å². The molecule has 1 heterocycles. The van der Waals surface area contributed by atoms with Gasteiger partial charge >= 0.3 is 0 Å². The van der Waals surface area contributed by atoms with Gasteiger partial charge in [-0.2, -0.15) is 0 Å². The van der Waals surface area contributed by atoms with Gasteiger partial charge in [0.1, 0.15) is 11.4 Å². The molecular weight excluding hydrogens is 316 g/mol. The lowest BCUT2D eigenvalue weighted by atomic mass is 9.96. The lowest BCUT2D eigenvalue weighted by molar-refractivity contribution is 0.102. The van der Waals surface area contributed by atoms with Crippen LogP contribution >= 0.6 is 0 Å². The smallest absolute Gasteiger partial charge is 0.274 e. The fraction of sp³-hybridized carbons (Fsp3) is 0.421. The maximum absolute atomic E-state index is 12.5. The van der Waals surface area contributed by atoms with Crippen LogP contribution in [0.2, 0.25) is 0 Å². The molecular formula is C19H24N4O2. The highest BCUT2D eigenvalue weighted by molar-refractivity contribution is 6.03. The van der Waals surface area contributed by atoms with Gasteiger partial charge in [-0.3, -0.25) is 4.79 Å². The van der Waals surface area contributed by atoms with Crippen molar-refractivity contribution < 1.29 is 9.53 Å². The molecule has 6 heteroatoms. The Morgan fingerprint density at radius 2 is 1.96 bits per heavy atom. The first-order valence-corrected chi connectivity index (χ1v) is 8.71. The van der Waals surface area contributed by atoms with E-state index in [2.05, 4.69) is 20.6 Å². The number of aryl methyl sites for hydroxylation is 1. The quantitative estimate of drug-likeness (QED) is 0.866. The van der Waals surface area contributed by atoms with Crippen molar-refractivity contribution in [2.24, 2.45) is 0 Å². The van der Waals surface area contributed by atoms with Gasteiger partial charge in [0.2, 0.25) is 5.95 Å². The topological polar surface area (TPSA) is 76.1 Å². The third-order valence-electron chi connectivity index (χ3n) is 4.35. The minimum absolute atomic E-state index is 0.259. The van der Waals surface area contributed by atoms with Crippen LogP contribution in [0.3, 0.4) is 0 Å². The third-order valence-corrected chi connectivity index (χ3v) is 4.35. The summed E-state index contributed by atoms with van der Waals surface area (Å²) in [6.45, 7) is 1.87. The molecule has 0 saturated heterocycles. The monoisotopic (exact) mass is 340 g/mol. The number of hydrogen-bond donors (Lipinski definition) is 2. The number of methoxy groups -OCH3 is 1. The van der Waals surface area contributed by atoms with Crippen molar-refractivity contribution in [3.05, 3.63) is 41.7 Å². The number of carbonyl (C=O) groups is 1. The zero-order chi connectivity index (χ0) is 17.6. The first-order valence-electron chi connectivity index (χ1n) is 8.71. The van der Waals surface area contributed by atoms with Gasteiger partial charge in [0, 0.05) is 23.5 Å². The summed E-state index contributed by atoms with van der Waals surface area (Å²) in [5, 5.41) is 6.23. The second-order valence-electron chi connectivity index (χ2n) is 6.38. The lowest BCUT2D eigenvalue weighted by Gasteiger charge is -2.23. The highest BCUT2D eigenvalue weighted by atomic mass is 16.5. The van der Waals surface area contributed by atoms with Crippen molar-refractivity contribution >= 4 is 17.5 Å². The molecule has 2 N–H and O–H groups in total. The van der Waals surface area contributed by atoms with E-state index in [-0.39, 0.29) is 5.91 Å². The molecule has 132 valence electrons. The van der Waals surface area contributed by atoms with Crippen LogP contribution in [0.25, 0.3) is 0 Å². The minimum Gasteiger partial charge on any atom is -0.497 e. The maximum atomic E-state index is 12.5. The van der Waals surface area contributed by atoms with Gasteiger partial charge in [0.05, 0.1) is 7.11 Å². The number of hydrogen-bond acceptors (Lipinski definition) is 5. The highest BCUT2D eigenvalue weighted by Gasteiger charge is 2.16. The Bertz CT molecular complexity index is 742. The molecule has 0 spiro atoms. The number of nitrogens with zero attached hydrogens (tertiary/aromatic N) is 2. The fourth-order valence-corrected chi connectivity index (χ4v) is 3.07. The zero-order valence-corrected chi connectivity index (χ0v) is 14.7. The summed E-state index contributed by atoms with van der Waals surface area (Å²) in [6, 6.07) is 9.33. The van der Waals surface area contributed by atoms with Crippen molar-refractivity contribution in [1.82, 2.24) is 9.97 Å². The summed E-state index contributed by atoms with van der Waals surface area (Å²) < 4.78 is 5.18. The predicted molar refractivity (Wildman–Crippen MR) is 98.2 cm³/mol. The van der Waals surface area contributed by atoms with Crippen LogP contribution < -0.4 is 15.4 Å². The molecule has 6 nitrogen and oxygen atoms in total. The Labute approximate surface area is 148 Å². The molecule has 0 unspecified atom stereocenters. The van der Waals surface area contributed by atoms with Gasteiger partial charge in [0.25, 0.3) is 5.91 Å². The van der Waals surface area contributed by atoms with E-state index in [9.17, 15) is 4.79 Å². The van der Waals surface area contributed by atoms with E-state index in [4.69, 9.17) is 4.74 Å². The second-order valence-corrected chi connectivity index (χ2v) is 6.38. The summed E-state index contributed by atoms with van der Waals surface area (Å²) in [4.78, 5) is 21.4. The van der Waals surface area contributed by atoms with Gasteiger partial charge in [-0.05, 0) is 38.0 Å². The molecule has 0 atom stereocenters. The van der Waals surface area contributed by atoms with E-state index in [1.165, 1.54) is 19.3 Å². The summed E-state index contributed by atoms with van der Waals surface area (Å²) in [7, 11) is 1.60. The Balaban J connectivity index is 1.73. The van der Waals surface area contributed by atoms with Crippen molar-refractivity contribution in [2.75, 3.05) is 17.7 Å². The Kier molecular flexibility index (Phi) is 5.48. The molecule has 0 radical (unpaired) electrons. The molecule has 2 aromatic rings. The molecule has 0 bridgehead atoms. The Morgan fingerprint density at radius 3 is 2.72 bits per heavy atom. The fourth-order valence-electron chi connectivity index (χ4n) is 3.07. The molecule has 1 aromatic carbocycles. The number of aromatic nitrogens is 2. The van der Waals surface area contributed by atoms with Gasteiger partial charge in [-0.1, -0.05) is 25.3 Å². The third kappa shape index (κ3) is 4.68. The van der Waals surface area contributed by atoms with E-state index in [0.717, 1.165) is 18.5 Å². The molecule has 1 fully saturated rings. The average Bonchev–Trinajstić information content (AvgIpc) is 2.62. The zero-order valence-electron chi connectivity index (χ0n) is 14.7. The van der Waals surface area contributed by atoms with Crippen LogP contribution in [0.4, 0.5) is 11.6 Å². The summed E-state index contributed by atoms with van der Waals surface area (Å²) >= 11 is 0. The number of carbonyl (C=O) groups excluding carboxylic acids is 1. The summed E-state index contributed by atoms with van der Waals surface area (Å²) in [5.74, 6) is 0.962. The summed E-state index contributed by atoms with van der Waals surface area (Å²) in [5.41, 5.74) is 1.79. The van der Waals surface area contributed by atoms with Crippen molar-refractivity contribution in [3.8, 4) is 5.75 Å². The predicted octanol–water partition coefficient (Wildman–Crippen LogP) is 3.79. The minimum atomic E-state index is -0.259. The summed E-state index contributed by atoms with van der Waals surface area (Å²) in [6.07, 6.45) is 6.01. The number of amides is 1. The molecule has 1 aliphatic carbocycles. The van der Waals surface area contributed by atoms with Gasteiger partial charge < -0.3 is 15.4 Å². The van der Waals surface area contributed by atoms with Crippen molar-refractivity contribution in [2.45, 2.75) is 45.1 Å². The normalized spacial score (nSPS) is 14.8. The molecule has 1 saturated carbocycles. The molecule has 0 aliphatic heterocycles. The van der Waals surface area contributed by atoms with Crippen LogP contribution in [-0.2, 0) is 0 Å².